The Kier molecular flexibility index (Phi) is 4.73. The molecule has 0 radical (unpaired) electrons. The van der Waals surface area contributed by atoms with E-state index in [0.29, 0.717) is 31.4 Å². The second-order valence-corrected chi connectivity index (χ2v) is 7.77. The van der Waals surface area contributed by atoms with Crippen molar-refractivity contribution in [1.29, 1.82) is 0 Å². The number of sulfonamides is 1. The molecule has 1 aromatic heterocycles. The molecule has 0 aromatic carbocycles. The Bertz CT molecular complexity index is 558. The van der Waals surface area contributed by atoms with Crippen molar-refractivity contribution in [1.82, 2.24) is 19.0 Å². The second-order valence-electron chi connectivity index (χ2n) is 5.46. The molecule has 6 nitrogen and oxygen atoms in total. The molecule has 0 amide bonds. The summed E-state index contributed by atoms with van der Waals surface area (Å²) in [5.74, 6) is 0.725. The lowest BCUT2D eigenvalue weighted by molar-refractivity contribution is 0.263. The number of rotatable bonds is 5. The quantitative estimate of drug-likeness (QED) is 0.749. The first-order valence-corrected chi connectivity index (χ1v) is 8.58. The van der Waals surface area contributed by atoms with Crippen molar-refractivity contribution in [2.24, 2.45) is 5.92 Å². The lowest BCUT2D eigenvalue weighted by Gasteiger charge is -2.22. The molecule has 1 fully saturated rings. The third kappa shape index (κ3) is 3.00. The first-order valence-electron chi connectivity index (χ1n) is 6.61. The summed E-state index contributed by atoms with van der Waals surface area (Å²) in [7, 11) is 0.509. The molecule has 20 heavy (non-hydrogen) atoms. The standard InChI is InChI=1S/C12H21ClN4O2S/c1-10-7-17(9-12(10)15(2)3)20(18,19)11-6-14-16(8-11)5-4-13/h6,8,10,12H,4-5,7,9H2,1-3H3. The van der Waals surface area contributed by atoms with E-state index >= 15 is 0 Å². The van der Waals surface area contributed by atoms with Gasteiger partial charge in [-0.05, 0) is 20.0 Å². The van der Waals surface area contributed by atoms with E-state index in [4.69, 9.17) is 11.6 Å². The summed E-state index contributed by atoms with van der Waals surface area (Å²) in [6.45, 7) is 3.66. The van der Waals surface area contributed by atoms with Crippen molar-refractivity contribution < 1.29 is 8.42 Å². The van der Waals surface area contributed by atoms with Gasteiger partial charge in [0.25, 0.3) is 0 Å². The van der Waals surface area contributed by atoms with Crippen LogP contribution in [0.2, 0.25) is 0 Å². The molecule has 1 saturated heterocycles. The van der Waals surface area contributed by atoms with E-state index in [-0.39, 0.29) is 10.9 Å². The van der Waals surface area contributed by atoms with Crippen molar-refractivity contribution in [2.75, 3.05) is 33.1 Å². The highest BCUT2D eigenvalue weighted by Gasteiger charge is 2.38. The second kappa shape index (κ2) is 6.01. The first-order chi connectivity index (χ1) is 9.36. The minimum Gasteiger partial charge on any atom is -0.305 e. The van der Waals surface area contributed by atoms with E-state index in [1.807, 2.05) is 14.1 Å². The van der Waals surface area contributed by atoms with Crippen LogP contribution < -0.4 is 0 Å². The van der Waals surface area contributed by atoms with E-state index in [1.165, 1.54) is 6.20 Å². The van der Waals surface area contributed by atoms with Crippen LogP contribution in [0.4, 0.5) is 0 Å². The van der Waals surface area contributed by atoms with Crippen molar-refractivity contribution in [3.05, 3.63) is 12.4 Å². The van der Waals surface area contributed by atoms with E-state index in [0.717, 1.165) is 0 Å². The molecule has 2 heterocycles. The van der Waals surface area contributed by atoms with Gasteiger partial charge in [0.15, 0.2) is 0 Å². The van der Waals surface area contributed by atoms with E-state index in [1.54, 1.807) is 15.2 Å². The fourth-order valence-electron chi connectivity index (χ4n) is 2.61. The molecular formula is C12H21ClN4O2S. The van der Waals surface area contributed by atoms with Gasteiger partial charge in [0.05, 0.1) is 12.7 Å². The zero-order valence-corrected chi connectivity index (χ0v) is 13.6. The highest BCUT2D eigenvalue weighted by molar-refractivity contribution is 7.89. The lowest BCUT2D eigenvalue weighted by atomic mass is 10.1. The van der Waals surface area contributed by atoms with Crippen LogP contribution in [0, 0.1) is 5.92 Å². The van der Waals surface area contributed by atoms with Crippen LogP contribution in [0.1, 0.15) is 6.92 Å². The minimum absolute atomic E-state index is 0.245. The number of hydrogen-bond acceptors (Lipinski definition) is 4. The van der Waals surface area contributed by atoms with Crippen molar-refractivity contribution in [3.63, 3.8) is 0 Å². The Labute approximate surface area is 125 Å². The summed E-state index contributed by atoms with van der Waals surface area (Å²) in [5.41, 5.74) is 0. The number of aryl methyl sites for hydroxylation is 1. The number of nitrogens with zero attached hydrogens (tertiary/aromatic N) is 4. The Hall–Kier alpha value is -0.630. The van der Waals surface area contributed by atoms with Crippen molar-refractivity contribution in [2.45, 2.75) is 24.4 Å². The van der Waals surface area contributed by atoms with Gasteiger partial charge in [0.2, 0.25) is 10.0 Å². The molecule has 0 N–H and O–H groups in total. The molecule has 114 valence electrons. The zero-order valence-electron chi connectivity index (χ0n) is 12.0. The van der Waals surface area contributed by atoms with Gasteiger partial charge in [-0.2, -0.15) is 9.40 Å². The fourth-order valence-corrected chi connectivity index (χ4v) is 4.30. The third-order valence-corrected chi connectivity index (χ3v) is 5.72. The van der Waals surface area contributed by atoms with Crippen molar-refractivity contribution >= 4 is 21.6 Å². The molecule has 0 spiro atoms. The van der Waals surface area contributed by atoms with E-state index < -0.39 is 10.0 Å². The maximum absolute atomic E-state index is 12.6. The Morgan fingerprint density at radius 3 is 2.70 bits per heavy atom. The SMILES string of the molecule is CC1CN(S(=O)(=O)c2cnn(CCCl)c2)CC1N(C)C. The van der Waals surface area contributed by atoms with Crippen LogP contribution in [0.3, 0.4) is 0 Å². The Morgan fingerprint density at radius 2 is 2.15 bits per heavy atom. The van der Waals surface area contributed by atoms with Gasteiger partial charge in [-0.3, -0.25) is 4.68 Å². The van der Waals surface area contributed by atoms with Crippen LogP contribution in [0.5, 0.6) is 0 Å². The highest BCUT2D eigenvalue weighted by atomic mass is 35.5. The first kappa shape index (κ1) is 15.8. The Morgan fingerprint density at radius 1 is 1.45 bits per heavy atom. The fraction of sp³-hybridized carbons (Fsp3) is 0.750. The largest absolute Gasteiger partial charge is 0.305 e. The number of likely N-dealkylation sites (N-methyl/N-ethyl adjacent to an activating group) is 1. The van der Waals surface area contributed by atoms with Crippen molar-refractivity contribution in [3.8, 4) is 0 Å². The number of hydrogen-bond donors (Lipinski definition) is 0. The normalized spacial score (nSPS) is 24.6. The van der Waals surface area contributed by atoms with Crippen LogP contribution >= 0.6 is 11.6 Å². The summed E-state index contributed by atoms with van der Waals surface area (Å²) in [6.07, 6.45) is 2.95. The van der Waals surface area contributed by atoms with Crippen LogP contribution in [0.15, 0.2) is 17.3 Å². The minimum atomic E-state index is -3.46. The number of aromatic nitrogens is 2. The number of alkyl halides is 1. The summed E-state index contributed by atoms with van der Waals surface area (Å²) in [4.78, 5) is 2.33. The maximum atomic E-state index is 12.6. The van der Waals surface area contributed by atoms with E-state index in [9.17, 15) is 8.42 Å². The molecule has 2 rings (SSSR count). The predicted molar refractivity (Wildman–Crippen MR) is 78.3 cm³/mol. The maximum Gasteiger partial charge on any atom is 0.246 e. The third-order valence-electron chi connectivity index (χ3n) is 3.76. The van der Waals surface area contributed by atoms with Gasteiger partial charge in [-0.15, -0.1) is 11.6 Å². The molecule has 2 atom stereocenters. The molecule has 0 saturated carbocycles. The molecule has 0 aliphatic carbocycles. The summed E-state index contributed by atoms with van der Waals surface area (Å²) >= 11 is 5.63. The molecule has 1 aromatic rings. The average molecular weight is 321 g/mol. The lowest BCUT2D eigenvalue weighted by Crippen LogP contribution is -2.35. The van der Waals surface area contributed by atoms with E-state index in [2.05, 4.69) is 16.9 Å². The topological polar surface area (TPSA) is 58.4 Å². The summed E-state index contributed by atoms with van der Waals surface area (Å²) in [5, 5.41) is 4.03. The smallest absolute Gasteiger partial charge is 0.246 e. The van der Waals surface area contributed by atoms with Gasteiger partial charge in [-0.25, -0.2) is 8.42 Å². The molecular weight excluding hydrogens is 300 g/mol. The molecule has 1 aliphatic heterocycles. The van der Waals surface area contributed by atoms with Gasteiger partial charge in [0, 0.05) is 31.2 Å². The molecule has 2 unspecified atom stereocenters. The van der Waals surface area contributed by atoms with Gasteiger partial charge >= 0.3 is 0 Å². The Balaban J connectivity index is 2.18. The average Bonchev–Trinajstić information content (AvgIpc) is 2.96. The molecule has 8 heteroatoms. The van der Waals surface area contributed by atoms with Crippen LogP contribution in [0.25, 0.3) is 0 Å². The summed E-state index contributed by atoms with van der Waals surface area (Å²) < 4.78 is 28.3. The monoisotopic (exact) mass is 320 g/mol. The highest BCUT2D eigenvalue weighted by Crippen LogP contribution is 2.26. The van der Waals surface area contributed by atoms with Crippen LogP contribution in [-0.2, 0) is 16.6 Å². The molecule has 0 bridgehead atoms. The van der Waals surface area contributed by atoms with Gasteiger partial charge in [0.1, 0.15) is 4.90 Å². The van der Waals surface area contributed by atoms with Gasteiger partial charge in [-0.1, -0.05) is 6.92 Å². The van der Waals surface area contributed by atoms with Crippen LogP contribution in [-0.4, -0.2) is 66.5 Å². The summed E-state index contributed by atoms with van der Waals surface area (Å²) in [6, 6.07) is 0.252. The predicted octanol–water partition coefficient (Wildman–Crippen LogP) is 0.693. The number of halogens is 1. The zero-order chi connectivity index (χ0) is 14.9. The van der Waals surface area contributed by atoms with Gasteiger partial charge < -0.3 is 4.90 Å². The molecule has 1 aliphatic rings.